The molecule has 1 aliphatic carbocycles. The zero-order valence-corrected chi connectivity index (χ0v) is 14.7. The second-order valence-corrected chi connectivity index (χ2v) is 7.71. The first-order valence-electron chi connectivity index (χ1n) is 8.13. The van der Waals surface area contributed by atoms with Gasteiger partial charge in [0.05, 0.1) is 16.1 Å². The first kappa shape index (κ1) is 16.9. The fourth-order valence-corrected chi connectivity index (χ4v) is 4.18. The zero-order chi connectivity index (χ0) is 17.3. The smallest absolute Gasteiger partial charge is 0.229 e. The van der Waals surface area contributed by atoms with Gasteiger partial charge in [-0.25, -0.2) is 4.98 Å². The monoisotopic (exact) mass is 346 g/mol. The molecule has 2 atom stereocenters. The molecule has 2 aromatic rings. The molecule has 24 heavy (non-hydrogen) atoms. The number of thiazole rings is 1. The Morgan fingerprint density at radius 2 is 2.12 bits per heavy atom. The molecule has 1 aromatic heterocycles. The Bertz CT molecular complexity index is 784. The van der Waals surface area contributed by atoms with E-state index >= 15 is 0 Å². The van der Waals surface area contributed by atoms with E-state index in [1.165, 1.54) is 18.3 Å². The van der Waals surface area contributed by atoms with Crippen LogP contribution in [-0.2, 0) is 9.59 Å². The Hall–Kier alpha value is -1.99. The molecular weight excluding hydrogens is 324 g/mol. The quantitative estimate of drug-likeness (QED) is 0.795. The standard InChI is InChI=1S/C17H22N4O2S/c1-10(22)19-16-21-13-7-6-11(9-14(13)24-16)20-15(23)12-5-3-4-8-17(12,2)18/h6-7,9,12H,3-5,8,18H2,1-2H3,(H,20,23)(H,19,21,22). The number of nitrogens with two attached hydrogens (primary N) is 1. The summed E-state index contributed by atoms with van der Waals surface area (Å²) < 4.78 is 0.913. The van der Waals surface area contributed by atoms with Crippen molar-refractivity contribution in [3.63, 3.8) is 0 Å². The Kier molecular flexibility index (Phi) is 4.56. The zero-order valence-electron chi connectivity index (χ0n) is 13.9. The minimum Gasteiger partial charge on any atom is -0.326 e. The normalized spacial score (nSPS) is 23.9. The fourth-order valence-electron chi connectivity index (χ4n) is 3.22. The molecule has 3 rings (SSSR count). The van der Waals surface area contributed by atoms with Crippen LogP contribution >= 0.6 is 11.3 Å². The van der Waals surface area contributed by atoms with Crippen molar-refractivity contribution in [2.24, 2.45) is 11.7 Å². The van der Waals surface area contributed by atoms with Crippen LogP contribution in [0.2, 0.25) is 0 Å². The van der Waals surface area contributed by atoms with Gasteiger partial charge in [0.1, 0.15) is 0 Å². The molecule has 7 heteroatoms. The number of carbonyl (C=O) groups is 2. The minimum atomic E-state index is -0.449. The maximum Gasteiger partial charge on any atom is 0.229 e. The second kappa shape index (κ2) is 6.49. The average molecular weight is 346 g/mol. The van der Waals surface area contributed by atoms with Crippen LogP contribution in [0.15, 0.2) is 18.2 Å². The summed E-state index contributed by atoms with van der Waals surface area (Å²) in [6.07, 6.45) is 3.82. The Morgan fingerprint density at radius 3 is 2.83 bits per heavy atom. The van der Waals surface area contributed by atoms with Crippen molar-refractivity contribution in [3.8, 4) is 0 Å². The van der Waals surface area contributed by atoms with Crippen molar-refractivity contribution >= 4 is 44.2 Å². The lowest BCUT2D eigenvalue weighted by atomic mass is 9.74. The average Bonchev–Trinajstić information content (AvgIpc) is 2.87. The lowest BCUT2D eigenvalue weighted by molar-refractivity contribution is -0.122. The molecule has 0 saturated heterocycles. The number of nitrogens with one attached hydrogen (secondary N) is 2. The number of nitrogens with zero attached hydrogens (tertiary/aromatic N) is 1. The molecular formula is C17H22N4O2S. The van der Waals surface area contributed by atoms with Crippen LogP contribution in [0.25, 0.3) is 10.2 Å². The highest BCUT2D eigenvalue weighted by Gasteiger charge is 2.37. The highest BCUT2D eigenvalue weighted by atomic mass is 32.1. The summed E-state index contributed by atoms with van der Waals surface area (Å²) in [5.74, 6) is -0.342. The lowest BCUT2D eigenvalue weighted by Gasteiger charge is -2.37. The van der Waals surface area contributed by atoms with Crippen LogP contribution in [0.3, 0.4) is 0 Å². The number of anilines is 2. The summed E-state index contributed by atoms with van der Waals surface area (Å²) in [5.41, 5.74) is 7.38. The predicted molar refractivity (Wildman–Crippen MR) is 97.1 cm³/mol. The molecule has 0 aliphatic heterocycles. The van der Waals surface area contributed by atoms with Gasteiger partial charge in [-0.05, 0) is 38.0 Å². The SMILES string of the molecule is CC(=O)Nc1nc2ccc(NC(=O)C3CCCCC3(C)N)cc2s1. The van der Waals surface area contributed by atoms with E-state index in [1.54, 1.807) is 0 Å². The van der Waals surface area contributed by atoms with E-state index in [4.69, 9.17) is 5.73 Å². The fraction of sp³-hybridized carbons (Fsp3) is 0.471. The Balaban J connectivity index is 1.77. The molecule has 1 heterocycles. The van der Waals surface area contributed by atoms with Gasteiger partial charge in [0.2, 0.25) is 11.8 Å². The summed E-state index contributed by atoms with van der Waals surface area (Å²) in [4.78, 5) is 28.1. The molecule has 0 spiro atoms. The molecule has 1 saturated carbocycles. The van der Waals surface area contributed by atoms with Gasteiger partial charge in [-0.15, -0.1) is 0 Å². The third-order valence-corrected chi connectivity index (χ3v) is 5.44. The molecule has 0 bridgehead atoms. The number of rotatable bonds is 3. The molecule has 2 unspecified atom stereocenters. The van der Waals surface area contributed by atoms with Gasteiger partial charge in [0.15, 0.2) is 5.13 Å². The number of carbonyl (C=O) groups excluding carboxylic acids is 2. The van der Waals surface area contributed by atoms with Gasteiger partial charge in [-0.3, -0.25) is 9.59 Å². The lowest BCUT2D eigenvalue weighted by Crippen LogP contribution is -2.51. The number of amides is 2. The molecule has 1 aromatic carbocycles. The van der Waals surface area contributed by atoms with E-state index in [1.807, 2.05) is 25.1 Å². The molecule has 2 amide bonds. The molecule has 1 aliphatic rings. The first-order valence-corrected chi connectivity index (χ1v) is 8.95. The summed E-state index contributed by atoms with van der Waals surface area (Å²) in [6.45, 7) is 3.41. The van der Waals surface area contributed by atoms with Crippen molar-refractivity contribution in [2.75, 3.05) is 10.6 Å². The van der Waals surface area contributed by atoms with Gasteiger partial charge in [0, 0.05) is 18.2 Å². The van der Waals surface area contributed by atoms with E-state index < -0.39 is 5.54 Å². The van der Waals surface area contributed by atoms with Gasteiger partial charge >= 0.3 is 0 Å². The molecule has 0 radical (unpaired) electrons. The topological polar surface area (TPSA) is 97.1 Å². The maximum atomic E-state index is 12.6. The van der Waals surface area contributed by atoms with Gasteiger partial charge < -0.3 is 16.4 Å². The number of aromatic nitrogens is 1. The van der Waals surface area contributed by atoms with Crippen LogP contribution in [0, 0.1) is 5.92 Å². The van der Waals surface area contributed by atoms with E-state index in [9.17, 15) is 9.59 Å². The van der Waals surface area contributed by atoms with Gasteiger partial charge in [-0.1, -0.05) is 24.2 Å². The van der Waals surface area contributed by atoms with Gasteiger partial charge in [-0.2, -0.15) is 0 Å². The van der Waals surface area contributed by atoms with Crippen molar-refractivity contribution in [1.29, 1.82) is 0 Å². The van der Waals surface area contributed by atoms with Gasteiger partial charge in [0.25, 0.3) is 0 Å². The second-order valence-electron chi connectivity index (χ2n) is 6.68. The molecule has 4 N–H and O–H groups in total. The van der Waals surface area contributed by atoms with Crippen LogP contribution in [0.5, 0.6) is 0 Å². The third-order valence-electron chi connectivity index (χ3n) is 4.51. The van der Waals surface area contributed by atoms with Crippen molar-refractivity contribution < 1.29 is 9.59 Å². The van der Waals surface area contributed by atoms with Crippen molar-refractivity contribution in [3.05, 3.63) is 18.2 Å². The van der Waals surface area contributed by atoms with Crippen molar-refractivity contribution in [2.45, 2.75) is 45.1 Å². The first-order chi connectivity index (χ1) is 11.3. The van der Waals surface area contributed by atoms with E-state index in [0.717, 1.165) is 41.6 Å². The largest absolute Gasteiger partial charge is 0.326 e. The molecule has 128 valence electrons. The van der Waals surface area contributed by atoms with Crippen LogP contribution < -0.4 is 16.4 Å². The minimum absolute atomic E-state index is 0.0225. The summed E-state index contributed by atoms with van der Waals surface area (Å²) in [6, 6.07) is 5.55. The van der Waals surface area contributed by atoms with Crippen molar-refractivity contribution in [1.82, 2.24) is 4.98 Å². The van der Waals surface area contributed by atoms with Crippen LogP contribution in [0.1, 0.15) is 39.5 Å². The number of hydrogen-bond donors (Lipinski definition) is 3. The highest BCUT2D eigenvalue weighted by molar-refractivity contribution is 7.22. The summed E-state index contributed by atoms with van der Waals surface area (Å²) in [5, 5.41) is 6.22. The van der Waals surface area contributed by atoms with E-state index in [2.05, 4.69) is 15.6 Å². The Labute approximate surface area is 144 Å². The van der Waals surface area contributed by atoms with Crippen LogP contribution in [-0.4, -0.2) is 22.3 Å². The van der Waals surface area contributed by atoms with Crippen LogP contribution in [0.4, 0.5) is 10.8 Å². The molecule has 1 fully saturated rings. The van der Waals surface area contributed by atoms with E-state index in [-0.39, 0.29) is 17.7 Å². The molecule has 6 nitrogen and oxygen atoms in total. The Morgan fingerprint density at radius 1 is 1.33 bits per heavy atom. The maximum absolute atomic E-state index is 12.6. The van der Waals surface area contributed by atoms with E-state index in [0.29, 0.717) is 5.13 Å². The highest BCUT2D eigenvalue weighted by Crippen LogP contribution is 2.33. The summed E-state index contributed by atoms with van der Waals surface area (Å²) in [7, 11) is 0. The number of benzene rings is 1. The predicted octanol–water partition coefficient (Wildman–Crippen LogP) is 3.10. The number of fused-ring (bicyclic) bond motifs is 1. The third kappa shape index (κ3) is 3.57. The summed E-state index contributed by atoms with van der Waals surface area (Å²) >= 11 is 1.38. The number of hydrogen-bond acceptors (Lipinski definition) is 5.